The van der Waals surface area contributed by atoms with E-state index in [-0.39, 0.29) is 22.1 Å². The predicted octanol–water partition coefficient (Wildman–Crippen LogP) is 3.92. The van der Waals surface area contributed by atoms with Crippen LogP contribution in [-0.4, -0.2) is 42.1 Å². The van der Waals surface area contributed by atoms with Gasteiger partial charge in [-0.15, -0.1) is 11.3 Å². The average molecular weight is 457 g/mol. The second-order valence-corrected chi connectivity index (χ2v) is 7.31. The summed E-state index contributed by atoms with van der Waals surface area (Å²) in [6.45, 7) is 1.43. The highest BCUT2D eigenvalue weighted by Crippen LogP contribution is 2.28. The Morgan fingerprint density at radius 1 is 1.16 bits per heavy atom. The van der Waals surface area contributed by atoms with Crippen molar-refractivity contribution in [1.82, 2.24) is 4.98 Å². The summed E-state index contributed by atoms with van der Waals surface area (Å²) in [4.78, 5) is 39.7. The van der Waals surface area contributed by atoms with E-state index in [0.717, 1.165) is 11.3 Å². The smallest absolute Gasteiger partial charge is 0.342 e. The molecule has 3 rings (SSSR count). The van der Waals surface area contributed by atoms with Gasteiger partial charge in [0.2, 0.25) is 0 Å². The maximum atomic E-state index is 12.5. The molecule has 0 bridgehead atoms. The number of nitro groups is 1. The zero-order valence-corrected chi connectivity index (χ0v) is 18.2. The minimum atomic E-state index is -1.12. The van der Waals surface area contributed by atoms with Crippen molar-refractivity contribution in [2.75, 3.05) is 19.5 Å². The molecule has 1 N–H and O–H groups in total. The first-order chi connectivity index (χ1) is 15.3. The first-order valence-corrected chi connectivity index (χ1v) is 10.1. The Hall–Kier alpha value is -3.99. The van der Waals surface area contributed by atoms with E-state index in [2.05, 4.69) is 10.3 Å². The van der Waals surface area contributed by atoms with Crippen LogP contribution in [0.2, 0.25) is 0 Å². The van der Waals surface area contributed by atoms with Crippen molar-refractivity contribution >= 4 is 34.0 Å². The number of benzene rings is 2. The largest absolute Gasteiger partial charge is 0.497 e. The molecule has 0 saturated heterocycles. The molecule has 0 fully saturated rings. The number of non-ortho nitro benzene ring substituents is 1. The van der Waals surface area contributed by atoms with Gasteiger partial charge in [0, 0.05) is 23.1 Å². The van der Waals surface area contributed by atoms with Crippen LogP contribution in [0, 0.1) is 10.1 Å². The molecule has 0 radical (unpaired) electrons. The zero-order valence-electron chi connectivity index (χ0n) is 17.4. The number of thiazole rings is 1. The summed E-state index contributed by atoms with van der Waals surface area (Å²) >= 11 is 1.14. The lowest BCUT2D eigenvalue weighted by atomic mass is 10.1. The van der Waals surface area contributed by atoms with Crippen molar-refractivity contribution in [1.29, 1.82) is 0 Å². The van der Waals surface area contributed by atoms with Crippen molar-refractivity contribution in [2.24, 2.45) is 0 Å². The molecule has 1 unspecified atom stereocenters. The third-order valence-corrected chi connectivity index (χ3v) is 5.12. The van der Waals surface area contributed by atoms with E-state index in [9.17, 15) is 19.7 Å². The summed E-state index contributed by atoms with van der Waals surface area (Å²) in [5.74, 6) is -0.615. The molecule has 0 saturated carbocycles. The highest BCUT2D eigenvalue weighted by Gasteiger charge is 2.23. The number of esters is 1. The number of carbonyl (C=O) groups is 2. The fraction of sp³-hybridized carbons (Fsp3) is 0.190. The summed E-state index contributed by atoms with van der Waals surface area (Å²) < 4.78 is 15.5. The Labute approximate surface area is 186 Å². The van der Waals surface area contributed by atoms with E-state index in [1.54, 1.807) is 29.6 Å². The lowest BCUT2D eigenvalue weighted by Crippen LogP contribution is -2.30. The molecule has 1 aromatic heterocycles. The molecule has 3 aromatic rings. The number of nitrogens with zero attached hydrogens (tertiary/aromatic N) is 2. The zero-order chi connectivity index (χ0) is 23.3. The number of ether oxygens (including phenoxy) is 3. The Balaban J connectivity index is 1.67. The van der Waals surface area contributed by atoms with Gasteiger partial charge in [0.25, 0.3) is 11.6 Å². The molecule has 0 aliphatic heterocycles. The molecule has 10 nitrogen and oxygen atoms in total. The summed E-state index contributed by atoms with van der Waals surface area (Å²) in [5.41, 5.74) is 1.07. The standard InChI is InChI=1S/C21H19N3O7S/c1-12(31-20(26)16-10-15(29-2)7-8-18(16)30-3)19(25)23-21-22-17(11-32-21)13-5-4-6-14(9-13)24(27)28/h4-12H,1-3H3,(H,22,23,25). The van der Waals surface area contributed by atoms with E-state index in [1.165, 1.54) is 39.3 Å². The number of carbonyl (C=O) groups excluding carboxylic acids is 2. The van der Waals surface area contributed by atoms with Gasteiger partial charge in [0.05, 0.1) is 24.8 Å². The lowest BCUT2D eigenvalue weighted by molar-refractivity contribution is -0.384. The second-order valence-electron chi connectivity index (χ2n) is 6.45. The van der Waals surface area contributed by atoms with Gasteiger partial charge >= 0.3 is 5.97 Å². The molecule has 166 valence electrons. The third kappa shape index (κ3) is 5.19. The number of methoxy groups -OCH3 is 2. The lowest BCUT2D eigenvalue weighted by Gasteiger charge is -2.14. The molecule has 2 aromatic carbocycles. The minimum absolute atomic E-state index is 0.0606. The quantitative estimate of drug-likeness (QED) is 0.306. The fourth-order valence-corrected chi connectivity index (χ4v) is 3.42. The topological polar surface area (TPSA) is 130 Å². The molecular formula is C21H19N3O7S. The average Bonchev–Trinajstić information content (AvgIpc) is 3.27. The molecule has 1 amide bonds. The number of nitro benzene ring substituents is 1. The van der Waals surface area contributed by atoms with Gasteiger partial charge in [0.15, 0.2) is 11.2 Å². The molecule has 1 atom stereocenters. The molecule has 11 heteroatoms. The third-order valence-electron chi connectivity index (χ3n) is 4.37. The van der Waals surface area contributed by atoms with E-state index >= 15 is 0 Å². The number of amides is 1. The van der Waals surface area contributed by atoms with E-state index in [0.29, 0.717) is 17.0 Å². The van der Waals surface area contributed by atoms with Crippen LogP contribution in [0.4, 0.5) is 10.8 Å². The van der Waals surface area contributed by atoms with Crippen molar-refractivity contribution in [3.05, 3.63) is 63.5 Å². The molecule has 0 aliphatic rings. The van der Waals surface area contributed by atoms with Crippen LogP contribution in [0.1, 0.15) is 17.3 Å². The summed E-state index contributed by atoms with van der Waals surface area (Å²) in [7, 11) is 2.87. The maximum Gasteiger partial charge on any atom is 0.342 e. The van der Waals surface area contributed by atoms with Crippen molar-refractivity contribution in [2.45, 2.75) is 13.0 Å². The van der Waals surface area contributed by atoms with Crippen LogP contribution >= 0.6 is 11.3 Å². The van der Waals surface area contributed by atoms with Crippen molar-refractivity contribution in [3.8, 4) is 22.8 Å². The van der Waals surface area contributed by atoms with Gasteiger partial charge in [0.1, 0.15) is 17.1 Å². The van der Waals surface area contributed by atoms with Gasteiger partial charge in [-0.1, -0.05) is 12.1 Å². The predicted molar refractivity (Wildman–Crippen MR) is 117 cm³/mol. The van der Waals surface area contributed by atoms with Gasteiger partial charge in [-0.3, -0.25) is 20.2 Å². The Morgan fingerprint density at radius 3 is 2.62 bits per heavy atom. The van der Waals surface area contributed by atoms with Crippen molar-refractivity contribution in [3.63, 3.8) is 0 Å². The first-order valence-electron chi connectivity index (χ1n) is 9.26. The summed E-state index contributed by atoms with van der Waals surface area (Å²) in [6, 6.07) is 10.7. The van der Waals surface area contributed by atoms with Crippen LogP contribution in [0.5, 0.6) is 11.5 Å². The van der Waals surface area contributed by atoms with Crippen LogP contribution in [-0.2, 0) is 9.53 Å². The molecule has 32 heavy (non-hydrogen) atoms. The van der Waals surface area contributed by atoms with Crippen molar-refractivity contribution < 1.29 is 28.7 Å². The number of hydrogen-bond donors (Lipinski definition) is 1. The normalized spacial score (nSPS) is 11.3. The van der Waals surface area contributed by atoms with Gasteiger partial charge in [-0.05, 0) is 25.1 Å². The van der Waals surface area contributed by atoms with E-state index in [1.807, 2.05) is 0 Å². The van der Waals surface area contributed by atoms with Crippen LogP contribution < -0.4 is 14.8 Å². The highest BCUT2D eigenvalue weighted by atomic mass is 32.1. The van der Waals surface area contributed by atoms with Gasteiger partial charge in [-0.25, -0.2) is 9.78 Å². The first kappa shape index (κ1) is 22.7. The SMILES string of the molecule is COc1ccc(OC)c(C(=O)OC(C)C(=O)Nc2nc(-c3cccc([N+](=O)[O-])c3)cs2)c1. The van der Waals surface area contributed by atoms with Gasteiger partial charge in [-0.2, -0.15) is 0 Å². The number of aromatic nitrogens is 1. The summed E-state index contributed by atoms with van der Waals surface area (Å²) in [6.07, 6.45) is -1.12. The van der Waals surface area contributed by atoms with Crippen LogP contribution in [0.25, 0.3) is 11.3 Å². The maximum absolute atomic E-state index is 12.5. The monoisotopic (exact) mass is 457 g/mol. The summed E-state index contributed by atoms with van der Waals surface area (Å²) in [5, 5.41) is 15.5. The second kappa shape index (κ2) is 9.88. The van der Waals surface area contributed by atoms with E-state index < -0.39 is 22.9 Å². The van der Waals surface area contributed by atoms with Gasteiger partial charge < -0.3 is 14.2 Å². The van der Waals surface area contributed by atoms with Crippen LogP contribution in [0.3, 0.4) is 0 Å². The highest BCUT2D eigenvalue weighted by molar-refractivity contribution is 7.14. The molecular weight excluding hydrogens is 438 g/mol. The Morgan fingerprint density at radius 2 is 1.94 bits per heavy atom. The van der Waals surface area contributed by atoms with Crippen LogP contribution in [0.15, 0.2) is 47.8 Å². The number of nitrogens with one attached hydrogen (secondary N) is 1. The molecule has 0 aliphatic carbocycles. The molecule has 0 spiro atoms. The number of hydrogen-bond acceptors (Lipinski definition) is 9. The Kier molecular flexibility index (Phi) is 7.00. The Bertz CT molecular complexity index is 1160. The molecule has 1 heterocycles. The number of rotatable bonds is 8. The van der Waals surface area contributed by atoms with E-state index in [4.69, 9.17) is 14.2 Å². The number of anilines is 1. The fourth-order valence-electron chi connectivity index (χ4n) is 2.70. The minimum Gasteiger partial charge on any atom is -0.497 e.